The van der Waals surface area contributed by atoms with Crippen LogP contribution in [0.15, 0.2) is 29.3 Å². The van der Waals surface area contributed by atoms with Crippen LogP contribution < -0.4 is 9.46 Å². The molecule has 0 aliphatic heterocycles. The molecule has 0 aliphatic rings. The maximum Gasteiger partial charge on any atom is 0.268 e. The zero-order chi connectivity index (χ0) is 15.6. The summed E-state index contributed by atoms with van der Waals surface area (Å²) in [6.45, 7) is 3.73. The molecule has 0 saturated heterocycles. The monoisotopic (exact) mass is 313 g/mol. The summed E-state index contributed by atoms with van der Waals surface area (Å²) in [6.07, 6.45) is 0.990. The Morgan fingerprint density at radius 2 is 2.14 bits per heavy atom. The van der Waals surface area contributed by atoms with Gasteiger partial charge >= 0.3 is 0 Å². The van der Waals surface area contributed by atoms with Crippen molar-refractivity contribution in [3.63, 3.8) is 0 Å². The first kappa shape index (κ1) is 15.3. The van der Waals surface area contributed by atoms with E-state index in [1.165, 1.54) is 7.11 Å². The molecule has 0 spiro atoms. The van der Waals surface area contributed by atoms with Crippen molar-refractivity contribution in [2.75, 3.05) is 11.8 Å². The highest BCUT2D eigenvalue weighted by Crippen LogP contribution is 2.28. The Morgan fingerprint density at radius 1 is 1.43 bits per heavy atom. The first-order chi connectivity index (χ1) is 9.89. The minimum atomic E-state index is -4.07. The summed E-state index contributed by atoms with van der Waals surface area (Å²) < 4.78 is 46.9. The van der Waals surface area contributed by atoms with Gasteiger partial charge in [0, 0.05) is 6.54 Å². The van der Waals surface area contributed by atoms with E-state index < -0.39 is 20.9 Å². The number of benzene rings is 1. The molecule has 114 valence electrons. The third kappa shape index (κ3) is 2.99. The van der Waals surface area contributed by atoms with Gasteiger partial charge in [0.2, 0.25) is 5.95 Å². The van der Waals surface area contributed by atoms with Crippen LogP contribution in [0.25, 0.3) is 0 Å². The number of hydrogen-bond acceptors (Lipinski definition) is 4. The number of aryl methyl sites for hydroxylation is 2. The number of sulfonamides is 1. The Balaban J connectivity index is 2.42. The summed E-state index contributed by atoms with van der Waals surface area (Å²) in [5.74, 6) is -0.538. The molecule has 0 bridgehead atoms. The fraction of sp³-hybridized carbons (Fsp3) is 0.308. The third-order valence-corrected chi connectivity index (χ3v) is 4.27. The number of nitrogens with one attached hydrogen (secondary N) is 1. The van der Waals surface area contributed by atoms with Gasteiger partial charge in [-0.2, -0.15) is 9.49 Å². The molecule has 0 unspecified atom stereocenters. The van der Waals surface area contributed by atoms with Crippen molar-refractivity contribution >= 4 is 15.7 Å². The Labute approximate surface area is 122 Å². The van der Waals surface area contributed by atoms with Crippen LogP contribution in [0.2, 0.25) is 0 Å². The number of ether oxygens (including phenoxy) is 1. The van der Waals surface area contributed by atoms with E-state index in [0.29, 0.717) is 5.75 Å². The largest absolute Gasteiger partial charge is 0.495 e. The van der Waals surface area contributed by atoms with Crippen LogP contribution >= 0.6 is 0 Å². The normalized spacial score (nSPS) is 11.4. The van der Waals surface area contributed by atoms with E-state index in [0.717, 1.165) is 16.4 Å². The van der Waals surface area contributed by atoms with Crippen LogP contribution in [0.4, 0.5) is 10.1 Å². The van der Waals surface area contributed by atoms with E-state index in [1.54, 1.807) is 25.1 Å². The average Bonchev–Trinajstić information content (AvgIpc) is 2.80. The molecule has 0 atom stereocenters. The maximum atomic E-state index is 13.9. The van der Waals surface area contributed by atoms with Gasteiger partial charge in [-0.1, -0.05) is 6.07 Å². The van der Waals surface area contributed by atoms with E-state index >= 15 is 0 Å². The van der Waals surface area contributed by atoms with Gasteiger partial charge in [0.25, 0.3) is 10.0 Å². The lowest BCUT2D eigenvalue weighted by Gasteiger charge is -2.11. The molecule has 0 amide bonds. The summed E-state index contributed by atoms with van der Waals surface area (Å²) in [6, 6.07) is 5.03. The smallest absolute Gasteiger partial charge is 0.268 e. The van der Waals surface area contributed by atoms with Crippen LogP contribution in [-0.2, 0) is 16.6 Å². The molecule has 1 aromatic carbocycles. The van der Waals surface area contributed by atoms with E-state index in [-0.39, 0.29) is 12.2 Å². The minimum Gasteiger partial charge on any atom is -0.495 e. The number of halogens is 1. The van der Waals surface area contributed by atoms with Gasteiger partial charge in [0.1, 0.15) is 5.75 Å². The van der Waals surface area contributed by atoms with E-state index in [1.807, 2.05) is 6.92 Å². The highest BCUT2D eigenvalue weighted by atomic mass is 32.2. The highest BCUT2D eigenvalue weighted by Gasteiger charge is 2.24. The number of aromatic nitrogens is 2. The highest BCUT2D eigenvalue weighted by molar-refractivity contribution is 7.92. The van der Waals surface area contributed by atoms with Crippen LogP contribution in [-0.4, -0.2) is 25.3 Å². The molecule has 0 aliphatic carbocycles. The Bertz CT molecular complexity index is 756. The molecule has 8 heteroatoms. The van der Waals surface area contributed by atoms with Gasteiger partial charge in [-0.05, 0) is 31.5 Å². The van der Waals surface area contributed by atoms with Gasteiger partial charge in [-0.25, -0.2) is 13.1 Å². The van der Waals surface area contributed by atoms with Crippen LogP contribution in [0.5, 0.6) is 5.75 Å². The molecule has 2 rings (SSSR count). The van der Waals surface area contributed by atoms with Gasteiger partial charge in [0.05, 0.1) is 19.0 Å². The Morgan fingerprint density at radius 3 is 2.71 bits per heavy atom. The number of rotatable bonds is 5. The second-order valence-electron chi connectivity index (χ2n) is 4.42. The van der Waals surface area contributed by atoms with Crippen LogP contribution in [0, 0.1) is 12.9 Å². The van der Waals surface area contributed by atoms with Crippen LogP contribution in [0.3, 0.4) is 0 Å². The standard InChI is InChI=1S/C13H16FN3O3S/c1-4-17-13(14)12(8-15-17)21(18,19)16-10-7-9(2)5-6-11(10)20-3/h5-8,16H,4H2,1-3H3. The van der Waals surface area contributed by atoms with Crippen molar-refractivity contribution in [3.05, 3.63) is 35.9 Å². The van der Waals surface area contributed by atoms with Gasteiger partial charge in [-0.15, -0.1) is 0 Å². The first-order valence-corrected chi connectivity index (χ1v) is 7.76. The van der Waals surface area contributed by atoms with Gasteiger partial charge in [0.15, 0.2) is 4.90 Å². The Hall–Kier alpha value is -2.09. The van der Waals surface area contributed by atoms with Crippen molar-refractivity contribution in [2.24, 2.45) is 0 Å². The van der Waals surface area contributed by atoms with Crippen molar-refractivity contribution in [3.8, 4) is 5.75 Å². The number of anilines is 1. The van der Waals surface area contributed by atoms with Crippen molar-refractivity contribution in [1.29, 1.82) is 0 Å². The molecular weight excluding hydrogens is 297 g/mol. The molecule has 0 saturated carbocycles. The molecule has 1 heterocycles. The molecule has 21 heavy (non-hydrogen) atoms. The topological polar surface area (TPSA) is 73.2 Å². The predicted octanol–water partition coefficient (Wildman–Crippen LogP) is 2.16. The average molecular weight is 313 g/mol. The van der Waals surface area contributed by atoms with E-state index in [9.17, 15) is 12.8 Å². The number of hydrogen-bond donors (Lipinski definition) is 1. The molecule has 0 radical (unpaired) electrons. The second kappa shape index (κ2) is 5.72. The molecule has 6 nitrogen and oxygen atoms in total. The first-order valence-electron chi connectivity index (χ1n) is 6.27. The quantitative estimate of drug-likeness (QED) is 0.918. The fourth-order valence-electron chi connectivity index (χ4n) is 1.86. The number of nitrogens with zero attached hydrogens (tertiary/aromatic N) is 2. The lowest BCUT2D eigenvalue weighted by Crippen LogP contribution is -2.15. The maximum absolute atomic E-state index is 13.9. The minimum absolute atomic E-state index is 0.245. The molecule has 0 fully saturated rings. The van der Waals surface area contributed by atoms with Crippen LogP contribution in [0.1, 0.15) is 12.5 Å². The van der Waals surface area contributed by atoms with E-state index in [2.05, 4.69) is 9.82 Å². The molecular formula is C13H16FN3O3S. The Kier molecular flexibility index (Phi) is 4.17. The molecule has 2 aromatic rings. The lowest BCUT2D eigenvalue weighted by atomic mass is 10.2. The molecule has 1 N–H and O–H groups in total. The third-order valence-electron chi connectivity index (χ3n) is 2.93. The van der Waals surface area contributed by atoms with Gasteiger partial charge in [-0.3, -0.25) is 4.72 Å². The molecule has 1 aromatic heterocycles. The van der Waals surface area contributed by atoms with E-state index in [4.69, 9.17) is 4.74 Å². The second-order valence-corrected chi connectivity index (χ2v) is 6.08. The summed E-state index contributed by atoms with van der Waals surface area (Å²) in [5.41, 5.74) is 1.10. The SMILES string of the molecule is CCn1ncc(S(=O)(=O)Nc2cc(C)ccc2OC)c1F. The number of methoxy groups -OCH3 is 1. The van der Waals surface area contributed by atoms with Crippen molar-refractivity contribution < 1.29 is 17.5 Å². The predicted molar refractivity (Wildman–Crippen MR) is 76.4 cm³/mol. The van der Waals surface area contributed by atoms with Crippen molar-refractivity contribution in [2.45, 2.75) is 25.3 Å². The lowest BCUT2D eigenvalue weighted by molar-refractivity contribution is 0.416. The summed E-state index contributed by atoms with van der Waals surface area (Å²) in [4.78, 5) is -0.493. The van der Waals surface area contributed by atoms with Gasteiger partial charge < -0.3 is 4.74 Å². The zero-order valence-corrected chi connectivity index (χ0v) is 12.7. The fourth-order valence-corrected chi connectivity index (χ4v) is 2.93. The summed E-state index contributed by atoms with van der Waals surface area (Å²) in [7, 11) is -2.64. The summed E-state index contributed by atoms with van der Waals surface area (Å²) in [5, 5.41) is 3.69. The summed E-state index contributed by atoms with van der Waals surface area (Å²) >= 11 is 0. The zero-order valence-electron chi connectivity index (χ0n) is 11.9. The van der Waals surface area contributed by atoms with Crippen molar-refractivity contribution in [1.82, 2.24) is 9.78 Å².